The van der Waals surface area contributed by atoms with E-state index in [1.165, 1.54) is 28.6 Å². The van der Waals surface area contributed by atoms with Crippen LogP contribution in [0.25, 0.3) is 11.1 Å². The molecular weight excluding hydrogens is 662 g/mol. The number of phosphoric acid groups is 1. The number of imidazole rings is 1. The lowest BCUT2D eigenvalue weighted by molar-refractivity contribution is -0.136. The molecule has 1 amide bonds. The van der Waals surface area contributed by atoms with Gasteiger partial charge in [0.05, 0.1) is 25.1 Å². The van der Waals surface area contributed by atoms with Gasteiger partial charge in [0.15, 0.2) is 5.69 Å². The number of aryl methyl sites for hydroxylation is 2. The number of nitrogens with two attached hydrogens (primary N) is 2. The molecule has 0 spiro atoms. The van der Waals surface area contributed by atoms with E-state index in [0.29, 0.717) is 12.2 Å². The summed E-state index contributed by atoms with van der Waals surface area (Å²) >= 11 is 0. The van der Waals surface area contributed by atoms with Gasteiger partial charge in [-0.3, -0.25) is 14.1 Å². The van der Waals surface area contributed by atoms with Crippen LogP contribution in [0.15, 0.2) is 73.1 Å². The van der Waals surface area contributed by atoms with E-state index in [2.05, 4.69) is 9.51 Å². The lowest BCUT2D eigenvalue weighted by Gasteiger charge is -2.19. The highest BCUT2D eigenvalue weighted by atomic mass is 31.2. The lowest BCUT2D eigenvalue weighted by Crippen LogP contribution is -2.31. The maximum atomic E-state index is 13.8. The molecule has 5 rings (SSSR count). The molecule has 1 fully saturated rings. The number of aromatic nitrogens is 2. The second-order valence-electron chi connectivity index (χ2n) is 11.6. The number of nitrogens with zero attached hydrogens (tertiary/aromatic N) is 2. The quantitative estimate of drug-likeness (QED) is 0.105. The zero-order chi connectivity index (χ0) is 35.9. The summed E-state index contributed by atoms with van der Waals surface area (Å²) in [5.74, 6) is -2.05. The van der Waals surface area contributed by atoms with E-state index in [0.717, 1.165) is 22.3 Å². The number of hydrogen-bond donors (Lipinski definition) is 7. The summed E-state index contributed by atoms with van der Waals surface area (Å²) in [7, 11) is -4.67. The first-order valence-electron chi connectivity index (χ1n) is 15.1. The Bertz CT molecular complexity index is 1800. The van der Waals surface area contributed by atoms with Gasteiger partial charge in [0, 0.05) is 12.3 Å². The molecule has 9 N–H and O–H groups in total. The maximum absolute atomic E-state index is 13.8. The minimum Gasteiger partial charge on any atom is -0.489 e. The molecule has 1 saturated carbocycles. The predicted molar refractivity (Wildman–Crippen MR) is 176 cm³/mol. The number of aliphatic hydroxyl groups is 2. The van der Waals surface area contributed by atoms with Crippen LogP contribution in [-0.2, 0) is 26.9 Å². The Kier molecular flexibility index (Phi) is 12.3. The van der Waals surface area contributed by atoms with Crippen molar-refractivity contribution < 1.29 is 52.9 Å². The van der Waals surface area contributed by atoms with E-state index in [1.807, 2.05) is 55.5 Å². The van der Waals surface area contributed by atoms with Crippen molar-refractivity contribution in [3.05, 3.63) is 101 Å². The number of carboxylic acid groups (broad SMARTS) is 1. The average molecular weight is 701 g/mol. The van der Waals surface area contributed by atoms with Crippen LogP contribution in [-0.4, -0.2) is 65.3 Å². The second-order valence-corrected chi connectivity index (χ2v) is 12.8. The number of carbonyl (C=O) groups excluding carboxylic acids is 1. The van der Waals surface area contributed by atoms with Gasteiger partial charge in [-0.05, 0) is 66.3 Å². The third-order valence-electron chi connectivity index (χ3n) is 8.03. The van der Waals surface area contributed by atoms with Crippen molar-refractivity contribution in [3.8, 4) is 16.9 Å². The van der Waals surface area contributed by atoms with Gasteiger partial charge in [-0.1, -0.05) is 48.0 Å². The Morgan fingerprint density at radius 2 is 1.71 bits per heavy atom. The molecule has 3 aromatic carbocycles. The predicted octanol–water partition coefficient (Wildman–Crippen LogP) is 3.35. The van der Waals surface area contributed by atoms with E-state index in [9.17, 15) is 28.8 Å². The molecule has 1 aliphatic carbocycles. The standard InChI is InChI=1S/C23H21FO3.C10H17N4O7P/c1-16-2-7-18(8-3-16)22-12-9-20(24)14-19(22)15-27-21-10-4-17(5-11-21)6-13-23(25)26;11-9-6(10(12)17)13-3-14(9)5-1-4(7(15)8(5)16)2-21-22(18,19)20/h2-5,7-12,14H,6,13,15H2,1H3,(H,25,26);3-5,7-8,15-16H,1-2,11H2,(H2,12,17)(H2,18,19,20)/t;4-,5-,7-,8+/m.0/s1. The number of primary amides is 1. The highest BCUT2D eigenvalue weighted by Crippen LogP contribution is 2.42. The van der Waals surface area contributed by atoms with Gasteiger partial charge >= 0.3 is 13.8 Å². The third-order valence-corrected chi connectivity index (χ3v) is 8.51. The van der Waals surface area contributed by atoms with E-state index in [4.69, 9.17) is 31.1 Å². The van der Waals surface area contributed by atoms with Crippen LogP contribution >= 0.6 is 7.82 Å². The Labute approximate surface area is 281 Å². The van der Waals surface area contributed by atoms with Crippen LogP contribution in [0.5, 0.6) is 5.75 Å². The fourth-order valence-electron chi connectivity index (χ4n) is 5.42. The molecule has 0 unspecified atom stereocenters. The van der Waals surface area contributed by atoms with Gasteiger partial charge in [-0.2, -0.15) is 0 Å². The minimum absolute atomic E-state index is 0.0553. The number of anilines is 1. The molecular formula is C33H38FN4O10P. The summed E-state index contributed by atoms with van der Waals surface area (Å²) in [6.07, 6.45) is -0.609. The van der Waals surface area contributed by atoms with Gasteiger partial charge < -0.3 is 45.9 Å². The summed E-state index contributed by atoms with van der Waals surface area (Å²) in [5.41, 5.74) is 15.5. The Balaban J connectivity index is 0.000000226. The van der Waals surface area contributed by atoms with Crippen LogP contribution in [0.2, 0.25) is 0 Å². The highest BCUT2D eigenvalue weighted by Gasteiger charge is 2.44. The van der Waals surface area contributed by atoms with Crippen molar-refractivity contribution in [3.63, 3.8) is 0 Å². The number of amides is 1. The van der Waals surface area contributed by atoms with Crippen molar-refractivity contribution in [1.82, 2.24) is 9.55 Å². The number of rotatable bonds is 12. The Morgan fingerprint density at radius 3 is 2.31 bits per heavy atom. The maximum Gasteiger partial charge on any atom is 0.469 e. The van der Waals surface area contributed by atoms with Crippen molar-refractivity contribution in [2.24, 2.45) is 11.7 Å². The van der Waals surface area contributed by atoms with Crippen LogP contribution < -0.4 is 16.2 Å². The molecule has 4 aromatic rings. The molecule has 16 heteroatoms. The normalized spacial score (nSPS) is 18.8. The number of hydrogen-bond acceptors (Lipinski definition) is 9. The fourth-order valence-corrected chi connectivity index (χ4v) is 5.80. The van der Waals surface area contributed by atoms with Crippen LogP contribution in [0, 0.1) is 18.7 Å². The van der Waals surface area contributed by atoms with Gasteiger partial charge in [0.25, 0.3) is 5.91 Å². The Hall–Kier alpha value is -4.63. The molecule has 1 aliphatic rings. The summed E-state index contributed by atoms with van der Waals surface area (Å²) in [6.45, 7) is 1.84. The molecule has 1 heterocycles. The number of nitrogen functional groups attached to an aromatic ring is 1. The summed E-state index contributed by atoms with van der Waals surface area (Å²) < 4.78 is 35.9. The van der Waals surface area contributed by atoms with Crippen molar-refractivity contribution in [1.29, 1.82) is 0 Å². The molecule has 0 bridgehead atoms. The van der Waals surface area contributed by atoms with E-state index in [1.54, 1.807) is 6.07 Å². The molecule has 0 radical (unpaired) electrons. The molecule has 0 saturated heterocycles. The first-order chi connectivity index (χ1) is 23.1. The van der Waals surface area contributed by atoms with Crippen molar-refractivity contribution in [2.75, 3.05) is 12.3 Å². The summed E-state index contributed by atoms with van der Waals surface area (Å²) in [4.78, 5) is 42.9. The van der Waals surface area contributed by atoms with Crippen molar-refractivity contribution in [2.45, 2.75) is 51.0 Å². The van der Waals surface area contributed by atoms with Gasteiger partial charge in [-0.15, -0.1) is 0 Å². The number of benzene rings is 3. The molecule has 4 atom stereocenters. The number of aliphatic hydroxyl groups excluding tert-OH is 2. The SMILES string of the molecule is Cc1ccc(-c2ccc(F)cc2COc2ccc(CCC(=O)O)cc2)cc1.NC(=O)c1ncn([C@H]2C[C@@H](COP(=O)(O)O)[C@H](O)[C@@H]2O)c1N. The van der Waals surface area contributed by atoms with E-state index < -0.39 is 50.5 Å². The van der Waals surface area contributed by atoms with E-state index >= 15 is 0 Å². The number of carbonyl (C=O) groups is 2. The summed E-state index contributed by atoms with van der Waals surface area (Å²) in [6, 6.07) is 19.4. The number of ether oxygens (including phenoxy) is 1. The zero-order valence-electron chi connectivity index (χ0n) is 26.4. The van der Waals surface area contributed by atoms with Gasteiger partial charge in [0.1, 0.15) is 30.1 Å². The Morgan fingerprint density at radius 1 is 1.04 bits per heavy atom. The fraction of sp³-hybridized carbons (Fsp3) is 0.303. The van der Waals surface area contributed by atoms with Crippen LogP contribution in [0.3, 0.4) is 0 Å². The van der Waals surface area contributed by atoms with E-state index in [-0.39, 0.29) is 36.8 Å². The molecule has 14 nitrogen and oxygen atoms in total. The first kappa shape index (κ1) is 37.2. The third kappa shape index (κ3) is 10.2. The summed E-state index contributed by atoms with van der Waals surface area (Å²) in [5, 5.41) is 28.7. The topological polar surface area (TPSA) is 241 Å². The monoisotopic (exact) mass is 700 g/mol. The number of halogens is 1. The number of phosphoric ester groups is 1. The van der Waals surface area contributed by atoms with Gasteiger partial charge in [0.2, 0.25) is 0 Å². The second kappa shape index (κ2) is 16.2. The van der Waals surface area contributed by atoms with Crippen LogP contribution in [0.1, 0.15) is 46.1 Å². The van der Waals surface area contributed by atoms with Gasteiger partial charge in [-0.25, -0.2) is 13.9 Å². The molecule has 1 aromatic heterocycles. The smallest absolute Gasteiger partial charge is 0.469 e. The van der Waals surface area contributed by atoms with Crippen molar-refractivity contribution >= 4 is 25.5 Å². The average Bonchev–Trinajstić information content (AvgIpc) is 3.57. The first-order valence-corrected chi connectivity index (χ1v) is 16.6. The number of carboxylic acids is 1. The highest BCUT2D eigenvalue weighted by molar-refractivity contribution is 7.46. The lowest BCUT2D eigenvalue weighted by atomic mass is 9.99. The number of aliphatic carboxylic acids is 1. The van der Waals surface area contributed by atoms with Crippen LogP contribution in [0.4, 0.5) is 10.2 Å². The largest absolute Gasteiger partial charge is 0.489 e. The molecule has 0 aliphatic heterocycles. The molecule has 49 heavy (non-hydrogen) atoms. The minimum atomic E-state index is -4.67. The molecule has 262 valence electrons. The zero-order valence-corrected chi connectivity index (χ0v) is 27.3.